The van der Waals surface area contributed by atoms with E-state index in [2.05, 4.69) is 17.2 Å². The quantitative estimate of drug-likeness (QED) is 0.610. The number of anilines is 1. The summed E-state index contributed by atoms with van der Waals surface area (Å²) in [6.45, 7) is 1.78. The van der Waals surface area contributed by atoms with Crippen LogP contribution in [0.4, 0.5) is 11.4 Å². The van der Waals surface area contributed by atoms with Crippen molar-refractivity contribution < 1.29 is 14.6 Å². The van der Waals surface area contributed by atoms with Crippen molar-refractivity contribution in [1.82, 2.24) is 4.57 Å². The summed E-state index contributed by atoms with van der Waals surface area (Å²) in [5.74, 6) is 0.0197. The molecule has 0 saturated heterocycles. The number of carbonyl (C=O) groups excluding carboxylic acids is 1. The molecule has 158 valence electrons. The number of benzene rings is 2. The molecule has 2 aromatic carbocycles. The molecule has 0 radical (unpaired) electrons. The molecule has 1 amide bonds. The topological polar surface area (TPSA) is 92.9 Å². The number of aliphatic imine (C=N–C) groups is 1. The van der Waals surface area contributed by atoms with Crippen LogP contribution in [0.2, 0.25) is 0 Å². The number of aryl methyl sites for hydroxylation is 1. The van der Waals surface area contributed by atoms with E-state index in [-0.39, 0.29) is 12.4 Å². The number of thiazole rings is 1. The molecule has 0 saturated carbocycles. The van der Waals surface area contributed by atoms with Gasteiger partial charge in [-0.25, -0.2) is 0 Å². The number of carbonyl (C=O) groups is 1. The van der Waals surface area contributed by atoms with Gasteiger partial charge in [0.2, 0.25) is 11.8 Å². The van der Waals surface area contributed by atoms with Gasteiger partial charge in [-0.3, -0.25) is 19.1 Å². The second-order valence-electron chi connectivity index (χ2n) is 6.94. The molecule has 1 aliphatic heterocycles. The van der Waals surface area contributed by atoms with Gasteiger partial charge in [0, 0.05) is 23.0 Å². The maximum atomic E-state index is 12.4. The van der Waals surface area contributed by atoms with Gasteiger partial charge in [0.25, 0.3) is 0 Å². The number of hydrogen-bond donors (Lipinski definition) is 2. The van der Waals surface area contributed by atoms with Gasteiger partial charge in [-0.1, -0.05) is 36.5 Å². The Bertz CT molecular complexity index is 1250. The fourth-order valence-electron chi connectivity index (χ4n) is 3.39. The van der Waals surface area contributed by atoms with Crippen LogP contribution < -0.4 is 14.9 Å². The van der Waals surface area contributed by atoms with Gasteiger partial charge in [-0.2, -0.15) is 0 Å². The predicted molar refractivity (Wildman–Crippen MR) is 124 cm³/mol. The third-order valence-electron chi connectivity index (χ3n) is 5.00. The van der Waals surface area contributed by atoms with Crippen LogP contribution in [0.1, 0.15) is 22.9 Å². The largest absolute Gasteiger partial charge is 0.497 e. The Hall–Kier alpha value is -3.65. The van der Waals surface area contributed by atoms with Crippen molar-refractivity contribution in [3.8, 4) is 11.6 Å². The second kappa shape index (κ2) is 8.61. The second-order valence-corrected chi connectivity index (χ2v) is 7.94. The molecule has 7 nitrogen and oxygen atoms in total. The molecule has 8 heteroatoms. The summed E-state index contributed by atoms with van der Waals surface area (Å²) in [7, 11) is 1.56. The molecule has 2 N–H and O–H groups in total. The number of rotatable bonds is 6. The number of amides is 1. The Morgan fingerprint density at radius 2 is 2.03 bits per heavy atom. The fourth-order valence-corrected chi connectivity index (χ4v) is 4.22. The SMILES string of the molecule is CCc1cccc2c1N=C/C2=C/c1sc(=O)n(CC(=O)Nc2ccc(OC)cc2)c1O. The van der Waals surface area contributed by atoms with Crippen LogP contribution in [0, 0.1) is 0 Å². The Labute approximate surface area is 183 Å². The number of para-hydroxylation sites is 1. The number of hydrogen-bond acceptors (Lipinski definition) is 6. The van der Waals surface area contributed by atoms with E-state index in [0.717, 1.165) is 44.7 Å². The van der Waals surface area contributed by atoms with Crippen LogP contribution in [0.15, 0.2) is 52.3 Å². The van der Waals surface area contributed by atoms with Gasteiger partial charge >= 0.3 is 4.87 Å². The van der Waals surface area contributed by atoms with Crippen LogP contribution in [-0.2, 0) is 17.8 Å². The van der Waals surface area contributed by atoms with Crippen molar-refractivity contribution in [2.45, 2.75) is 19.9 Å². The number of nitrogens with zero attached hydrogens (tertiary/aromatic N) is 2. The lowest BCUT2D eigenvalue weighted by molar-refractivity contribution is -0.116. The van der Waals surface area contributed by atoms with E-state index in [4.69, 9.17) is 4.74 Å². The fraction of sp³-hybridized carbons (Fsp3) is 0.174. The highest BCUT2D eigenvalue weighted by Crippen LogP contribution is 2.37. The summed E-state index contributed by atoms with van der Waals surface area (Å²) >= 11 is 0.888. The molecule has 4 rings (SSSR count). The summed E-state index contributed by atoms with van der Waals surface area (Å²) in [5, 5.41) is 13.3. The number of methoxy groups -OCH3 is 1. The molecule has 0 atom stereocenters. The number of ether oxygens (including phenoxy) is 1. The molecule has 1 aromatic heterocycles. The van der Waals surface area contributed by atoms with E-state index in [9.17, 15) is 14.7 Å². The molecule has 0 spiro atoms. The smallest absolute Gasteiger partial charge is 0.311 e. The average molecular weight is 436 g/mol. The van der Waals surface area contributed by atoms with Crippen LogP contribution >= 0.6 is 11.3 Å². The van der Waals surface area contributed by atoms with Gasteiger partial charge in [0.15, 0.2) is 0 Å². The summed E-state index contributed by atoms with van der Waals surface area (Å²) in [6.07, 6.45) is 4.33. The van der Waals surface area contributed by atoms with Gasteiger partial charge in [0.05, 0.1) is 17.7 Å². The minimum Gasteiger partial charge on any atom is -0.497 e. The van der Waals surface area contributed by atoms with Gasteiger partial charge in [-0.15, -0.1) is 0 Å². The first kappa shape index (κ1) is 20.6. The van der Waals surface area contributed by atoms with E-state index >= 15 is 0 Å². The standard InChI is InChI=1S/C23H21N3O4S/c1-3-14-5-4-6-18-15(12-24-21(14)18)11-19-22(28)26(23(29)31-19)13-20(27)25-16-7-9-17(30-2)10-8-16/h4-12,28H,3,13H2,1-2H3,(H,25,27)/b15-11-. The predicted octanol–water partition coefficient (Wildman–Crippen LogP) is 4.08. The Kier molecular flexibility index (Phi) is 5.73. The average Bonchev–Trinajstić information content (AvgIpc) is 3.30. The third kappa shape index (κ3) is 4.15. The number of allylic oxidation sites excluding steroid dienone is 1. The van der Waals surface area contributed by atoms with E-state index in [0.29, 0.717) is 16.3 Å². The van der Waals surface area contributed by atoms with Gasteiger partial charge < -0.3 is 15.2 Å². The number of aromatic nitrogens is 1. The summed E-state index contributed by atoms with van der Waals surface area (Å²) < 4.78 is 6.15. The van der Waals surface area contributed by atoms with E-state index < -0.39 is 10.8 Å². The lowest BCUT2D eigenvalue weighted by Gasteiger charge is -2.07. The van der Waals surface area contributed by atoms with Crippen molar-refractivity contribution in [3.63, 3.8) is 0 Å². The summed E-state index contributed by atoms with van der Waals surface area (Å²) in [4.78, 5) is 29.3. The first-order chi connectivity index (χ1) is 15.0. The maximum absolute atomic E-state index is 12.4. The molecule has 31 heavy (non-hydrogen) atoms. The van der Waals surface area contributed by atoms with Crippen molar-refractivity contribution >= 4 is 46.5 Å². The van der Waals surface area contributed by atoms with E-state index in [1.54, 1.807) is 43.7 Å². The lowest BCUT2D eigenvalue weighted by atomic mass is 10.0. The minimum absolute atomic E-state index is 0.235. The zero-order valence-corrected chi connectivity index (χ0v) is 17.9. The summed E-state index contributed by atoms with van der Waals surface area (Å²) in [5.41, 5.74) is 4.41. The number of fused-ring (bicyclic) bond motifs is 1. The number of nitrogens with one attached hydrogen (secondary N) is 1. The molecule has 3 aromatic rings. The highest BCUT2D eigenvalue weighted by Gasteiger charge is 2.19. The van der Waals surface area contributed by atoms with Gasteiger partial charge in [-0.05, 0) is 42.3 Å². The van der Waals surface area contributed by atoms with E-state index in [1.165, 1.54) is 0 Å². The minimum atomic E-state index is -0.417. The highest BCUT2D eigenvalue weighted by atomic mass is 32.1. The summed E-state index contributed by atoms with van der Waals surface area (Å²) in [6, 6.07) is 12.8. The Morgan fingerprint density at radius 3 is 2.74 bits per heavy atom. The molecule has 0 unspecified atom stereocenters. The normalized spacial score (nSPS) is 13.4. The molecule has 1 aliphatic rings. The first-order valence-corrected chi connectivity index (χ1v) is 10.6. The van der Waals surface area contributed by atoms with Crippen LogP contribution in [0.25, 0.3) is 11.6 Å². The third-order valence-corrected chi connectivity index (χ3v) is 5.92. The Balaban J connectivity index is 1.55. The van der Waals surface area contributed by atoms with Crippen LogP contribution in [0.3, 0.4) is 0 Å². The molecule has 0 aliphatic carbocycles. The number of aromatic hydroxyl groups is 1. The van der Waals surface area contributed by atoms with Crippen molar-refractivity contribution in [3.05, 3.63) is 68.1 Å². The lowest BCUT2D eigenvalue weighted by Crippen LogP contribution is -2.24. The van der Waals surface area contributed by atoms with Crippen molar-refractivity contribution in [2.24, 2.45) is 4.99 Å². The molecular weight excluding hydrogens is 414 g/mol. The van der Waals surface area contributed by atoms with Crippen molar-refractivity contribution in [2.75, 3.05) is 12.4 Å². The van der Waals surface area contributed by atoms with Crippen molar-refractivity contribution in [1.29, 1.82) is 0 Å². The zero-order chi connectivity index (χ0) is 22.0. The van der Waals surface area contributed by atoms with Gasteiger partial charge in [0.1, 0.15) is 12.3 Å². The molecular formula is C23H21N3O4S. The molecule has 0 fully saturated rings. The monoisotopic (exact) mass is 435 g/mol. The first-order valence-electron chi connectivity index (χ1n) is 9.74. The zero-order valence-electron chi connectivity index (χ0n) is 17.1. The molecule has 0 bridgehead atoms. The van der Waals surface area contributed by atoms with Crippen LogP contribution in [0.5, 0.6) is 11.6 Å². The van der Waals surface area contributed by atoms with Crippen LogP contribution in [-0.4, -0.2) is 28.9 Å². The highest BCUT2D eigenvalue weighted by molar-refractivity contribution is 7.10. The maximum Gasteiger partial charge on any atom is 0.311 e. The Morgan fingerprint density at radius 1 is 1.26 bits per heavy atom. The van der Waals surface area contributed by atoms with E-state index in [1.807, 2.05) is 18.2 Å². The molecule has 2 heterocycles.